The monoisotopic (exact) mass is 462 g/mol. The van der Waals surface area contributed by atoms with E-state index in [0.29, 0.717) is 16.2 Å². The topological polar surface area (TPSA) is 80.1 Å². The van der Waals surface area contributed by atoms with Gasteiger partial charge in [-0.3, -0.25) is 4.79 Å². The lowest BCUT2D eigenvalue weighted by Crippen LogP contribution is -2.30. The van der Waals surface area contributed by atoms with E-state index in [1.54, 1.807) is 35.4 Å². The number of benzene rings is 1. The van der Waals surface area contributed by atoms with Gasteiger partial charge in [0.15, 0.2) is 0 Å². The van der Waals surface area contributed by atoms with E-state index in [0.717, 1.165) is 25.0 Å². The third-order valence-corrected chi connectivity index (χ3v) is 6.07. The summed E-state index contributed by atoms with van der Waals surface area (Å²) < 4.78 is 34.6. The molecule has 3 rings (SSSR count). The Morgan fingerprint density at radius 2 is 1.87 bits per heavy atom. The predicted octanol–water partition coefficient (Wildman–Crippen LogP) is 4.37. The van der Waals surface area contributed by atoms with Gasteiger partial charge in [-0.25, -0.2) is 0 Å². The van der Waals surface area contributed by atoms with Crippen molar-refractivity contribution >= 4 is 33.0 Å². The molecule has 7 nitrogen and oxygen atoms in total. The summed E-state index contributed by atoms with van der Waals surface area (Å²) >= 11 is 1.35. The first-order valence-electron chi connectivity index (χ1n) is 9.93. The number of nitrogens with zero attached hydrogens (tertiary/aromatic N) is 2. The van der Waals surface area contributed by atoms with Gasteiger partial charge in [-0.05, 0) is 43.5 Å². The first-order valence-corrected chi connectivity index (χ1v) is 12.6. The van der Waals surface area contributed by atoms with Gasteiger partial charge in [0, 0.05) is 30.4 Å². The number of amides is 1. The minimum Gasteiger partial charge on any atom is -0.467 e. The molecule has 3 aromatic rings. The highest BCUT2D eigenvalue weighted by molar-refractivity contribution is 7.86. The van der Waals surface area contributed by atoms with Crippen molar-refractivity contribution in [3.05, 3.63) is 70.3 Å². The molecule has 0 atom stereocenters. The maximum atomic E-state index is 13.1. The zero-order chi connectivity index (χ0) is 22.4. The number of rotatable bonds is 10. The van der Waals surface area contributed by atoms with Crippen LogP contribution in [0.15, 0.2) is 58.5 Å². The third-order valence-electron chi connectivity index (χ3n) is 4.73. The smallest absolute Gasteiger partial charge is 0.306 e. The molecule has 1 aromatic carbocycles. The van der Waals surface area contributed by atoms with E-state index in [1.807, 2.05) is 37.4 Å². The molecule has 0 saturated heterocycles. The Hall–Kier alpha value is -2.78. The second-order valence-corrected chi connectivity index (χ2v) is 9.49. The van der Waals surface area contributed by atoms with Crippen LogP contribution in [0.25, 0.3) is 0 Å². The molecule has 1 amide bonds. The second kappa shape index (κ2) is 10.0. The molecule has 0 aliphatic carbocycles. The Morgan fingerprint density at radius 1 is 1.10 bits per heavy atom. The summed E-state index contributed by atoms with van der Waals surface area (Å²) in [5.41, 5.74) is 1.45. The summed E-state index contributed by atoms with van der Waals surface area (Å²) in [5, 5.41) is 1.84. The Morgan fingerprint density at radius 3 is 2.45 bits per heavy atom. The number of carbonyl (C=O) groups excluding carboxylic acids is 1. The van der Waals surface area contributed by atoms with E-state index in [-0.39, 0.29) is 24.7 Å². The molecule has 0 radical (unpaired) electrons. The van der Waals surface area contributed by atoms with Crippen LogP contribution in [0, 0.1) is 0 Å². The zero-order valence-electron chi connectivity index (χ0n) is 17.8. The summed E-state index contributed by atoms with van der Waals surface area (Å²) in [6, 6.07) is 12.6. The molecule has 0 unspecified atom stereocenters. The Kier molecular flexibility index (Phi) is 7.40. The van der Waals surface area contributed by atoms with Crippen LogP contribution in [0.1, 0.15) is 34.8 Å². The quantitative estimate of drug-likeness (QED) is 0.416. The molecule has 166 valence electrons. The number of carbonyl (C=O) groups is 1. The fourth-order valence-corrected chi connectivity index (χ4v) is 4.42. The van der Waals surface area contributed by atoms with E-state index in [9.17, 15) is 13.2 Å². The normalized spacial score (nSPS) is 11.3. The fraction of sp³-hybridized carbons (Fsp3) is 0.318. The van der Waals surface area contributed by atoms with Gasteiger partial charge in [-0.1, -0.05) is 12.1 Å². The van der Waals surface area contributed by atoms with Crippen molar-refractivity contribution < 1.29 is 21.8 Å². The third kappa shape index (κ3) is 6.11. The highest BCUT2D eigenvalue weighted by Crippen LogP contribution is 2.29. The van der Waals surface area contributed by atoms with Gasteiger partial charge >= 0.3 is 10.1 Å². The SMILES string of the molecule is CCN(CC)c1ccc(CN(Cc2ccco2)C(=O)c2cccs2)c(OS(C)(=O)=O)c1. The van der Waals surface area contributed by atoms with Crippen LogP contribution >= 0.6 is 11.3 Å². The van der Waals surface area contributed by atoms with Gasteiger partial charge in [0.1, 0.15) is 11.5 Å². The van der Waals surface area contributed by atoms with Gasteiger partial charge in [0.25, 0.3) is 5.91 Å². The van der Waals surface area contributed by atoms with Crippen molar-refractivity contribution in [2.45, 2.75) is 26.9 Å². The Balaban J connectivity index is 1.97. The molecular weight excluding hydrogens is 436 g/mol. The van der Waals surface area contributed by atoms with Gasteiger partial charge in [-0.2, -0.15) is 8.42 Å². The van der Waals surface area contributed by atoms with E-state index in [4.69, 9.17) is 8.60 Å². The standard InChI is InChI=1S/C22H26N2O5S2/c1-4-23(5-2)18-11-10-17(20(14-18)29-31(3,26)27)15-24(16-19-8-6-12-28-19)22(25)21-9-7-13-30-21/h6-14H,4-5,15-16H2,1-3H3. The fourth-order valence-electron chi connectivity index (χ4n) is 3.25. The largest absolute Gasteiger partial charge is 0.467 e. The van der Waals surface area contributed by atoms with Crippen molar-refractivity contribution in [3.63, 3.8) is 0 Å². The van der Waals surface area contributed by atoms with E-state index >= 15 is 0 Å². The molecule has 0 fully saturated rings. The van der Waals surface area contributed by atoms with Crippen LogP contribution in [-0.4, -0.2) is 38.6 Å². The highest BCUT2D eigenvalue weighted by Gasteiger charge is 2.22. The Labute approximate surface area is 187 Å². The van der Waals surface area contributed by atoms with Crippen LogP contribution < -0.4 is 9.08 Å². The zero-order valence-corrected chi connectivity index (χ0v) is 19.4. The summed E-state index contributed by atoms with van der Waals surface area (Å²) in [4.78, 5) is 17.4. The summed E-state index contributed by atoms with van der Waals surface area (Å²) in [6.45, 7) is 6.02. The summed E-state index contributed by atoms with van der Waals surface area (Å²) in [7, 11) is -3.74. The van der Waals surface area contributed by atoms with Crippen molar-refractivity contribution in [1.82, 2.24) is 4.90 Å². The summed E-state index contributed by atoms with van der Waals surface area (Å²) in [6.07, 6.45) is 2.57. The highest BCUT2D eigenvalue weighted by atomic mass is 32.2. The second-order valence-electron chi connectivity index (χ2n) is 6.97. The molecule has 0 bridgehead atoms. The number of hydrogen-bond acceptors (Lipinski definition) is 7. The lowest BCUT2D eigenvalue weighted by Gasteiger charge is -2.25. The average Bonchev–Trinajstić information content (AvgIpc) is 3.42. The molecule has 9 heteroatoms. The van der Waals surface area contributed by atoms with Crippen molar-refractivity contribution in [3.8, 4) is 5.75 Å². The summed E-state index contributed by atoms with van der Waals surface area (Å²) in [5.74, 6) is 0.690. The molecule has 0 aliphatic heterocycles. The predicted molar refractivity (Wildman–Crippen MR) is 122 cm³/mol. The molecular formula is C22H26N2O5S2. The Bertz CT molecular complexity index is 1090. The van der Waals surface area contributed by atoms with Gasteiger partial charge < -0.3 is 18.4 Å². The van der Waals surface area contributed by atoms with Crippen LogP contribution in [0.4, 0.5) is 5.69 Å². The van der Waals surface area contributed by atoms with Crippen molar-refractivity contribution in [1.29, 1.82) is 0 Å². The first kappa shape index (κ1) is 22.9. The van der Waals surface area contributed by atoms with E-state index < -0.39 is 10.1 Å². The molecule has 0 spiro atoms. The minimum absolute atomic E-state index is 0.162. The van der Waals surface area contributed by atoms with Crippen LogP contribution in [0.3, 0.4) is 0 Å². The lowest BCUT2D eigenvalue weighted by molar-refractivity contribution is 0.0722. The number of hydrogen-bond donors (Lipinski definition) is 0. The van der Waals surface area contributed by atoms with Crippen molar-refractivity contribution in [2.24, 2.45) is 0 Å². The van der Waals surface area contributed by atoms with Gasteiger partial charge in [0.2, 0.25) is 0 Å². The first-order chi connectivity index (χ1) is 14.8. The van der Waals surface area contributed by atoms with E-state index in [1.165, 1.54) is 11.3 Å². The average molecular weight is 463 g/mol. The molecule has 31 heavy (non-hydrogen) atoms. The lowest BCUT2D eigenvalue weighted by atomic mass is 10.1. The van der Waals surface area contributed by atoms with Crippen LogP contribution in [0.2, 0.25) is 0 Å². The molecule has 0 aliphatic rings. The van der Waals surface area contributed by atoms with E-state index in [2.05, 4.69) is 4.90 Å². The molecule has 0 saturated carbocycles. The van der Waals surface area contributed by atoms with Gasteiger partial charge in [0.05, 0.1) is 30.5 Å². The van der Waals surface area contributed by atoms with Crippen molar-refractivity contribution in [2.75, 3.05) is 24.2 Å². The number of anilines is 1. The molecule has 0 N–H and O–H groups in total. The molecule has 2 heterocycles. The number of thiophene rings is 1. The number of furan rings is 1. The molecule has 2 aromatic heterocycles. The van der Waals surface area contributed by atoms with Crippen LogP contribution in [-0.2, 0) is 23.2 Å². The van der Waals surface area contributed by atoms with Gasteiger partial charge in [-0.15, -0.1) is 11.3 Å². The minimum atomic E-state index is -3.74. The van der Waals surface area contributed by atoms with Crippen LogP contribution in [0.5, 0.6) is 5.75 Å². The maximum Gasteiger partial charge on any atom is 0.306 e. The maximum absolute atomic E-state index is 13.1.